The first kappa shape index (κ1) is 14.0. The predicted molar refractivity (Wildman–Crippen MR) is 50.2 cm³/mol. The van der Waals surface area contributed by atoms with Gasteiger partial charge in [0.15, 0.2) is 0 Å². The number of phosphoric acid groups is 1. The fourth-order valence-corrected chi connectivity index (χ4v) is 1.43. The van der Waals surface area contributed by atoms with Gasteiger partial charge in [-0.05, 0) is 0 Å². The summed E-state index contributed by atoms with van der Waals surface area (Å²) in [6.45, 7) is 0.438. The molecule has 14 heavy (non-hydrogen) atoms. The minimum Gasteiger partial charge on any atom is -0.382 e. The number of phosphoric ester groups is 1. The molecule has 0 bridgehead atoms. The molecule has 0 aromatic rings. The molecule has 0 amide bonds. The maximum atomic E-state index is 11.4. The number of ether oxygens (including phenoxy) is 2. The molecule has 0 aliphatic rings. The van der Waals surface area contributed by atoms with E-state index in [-0.39, 0.29) is 12.7 Å². The first-order chi connectivity index (χ1) is 6.61. The number of methoxy groups -OCH3 is 2. The topological polar surface area (TPSA) is 63.2 Å². The molecule has 0 rings (SSSR count). The van der Waals surface area contributed by atoms with Crippen LogP contribution in [0.2, 0.25) is 0 Å². The summed E-state index contributed by atoms with van der Waals surface area (Å²) in [5.41, 5.74) is 0. The third kappa shape index (κ3) is 5.05. The van der Waals surface area contributed by atoms with Crippen molar-refractivity contribution in [2.24, 2.45) is 0 Å². The smallest absolute Gasteiger partial charge is 0.382 e. The van der Waals surface area contributed by atoms with Gasteiger partial charge in [0.05, 0.1) is 13.2 Å². The zero-order valence-corrected chi connectivity index (χ0v) is 9.78. The SMILES string of the molecule is COC[C@@H](COP(=O)(OC)OC)OC. The van der Waals surface area contributed by atoms with Crippen LogP contribution in [0.3, 0.4) is 0 Å². The van der Waals surface area contributed by atoms with Gasteiger partial charge in [0.2, 0.25) is 0 Å². The van der Waals surface area contributed by atoms with Crippen molar-refractivity contribution in [3.8, 4) is 0 Å². The van der Waals surface area contributed by atoms with Crippen LogP contribution in [0.1, 0.15) is 0 Å². The van der Waals surface area contributed by atoms with Crippen molar-refractivity contribution in [3.63, 3.8) is 0 Å². The Hall–Kier alpha value is 0.0300. The van der Waals surface area contributed by atoms with Crippen molar-refractivity contribution < 1.29 is 27.6 Å². The molecule has 0 heterocycles. The number of rotatable bonds is 8. The Labute approximate surface area is 84.0 Å². The summed E-state index contributed by atoms with van der Waals surface area (Å²) in [5.74, 6) is 0. The summed E-state index contributed by atoms with van der Waals surface area (Å²) in [7, 11) is 2.15. The molecule has 0 aromatic carbocycles. The Morgan fingerprint density at radius 1 is 1.07 bits per heavy atom. The van der Waals surface area contributed by atoms with Gasteiger partial charge in [0.1, 0.15) is 6.10 Å². The zero-order valence-electron chi connectivity index (χ0n) is 8.89. The molecular weight excluding hydrogens is 211 g/mol. The van der Waals surface area contributed by atoms with Crippen molar-refractivity contribution in [1.29, 1.82) is 0 Å². The summed E-state index contributed by atoms with van der Waals surface area (Å²) >= 11 is 0. The second-order valence-corrected chi connectivity index (χ2v) is 4.30. The molecule has 0 saturated carbocycles. The highest BCUT2D eigenvalue weighted by Crippen LogP contribution is 2.47. The predicted octanol–water partition coefficient (Wildman–Crippen LogP) is 1.07. The molecule has 0 saturated heterocycles. The molecule has 0 unspecified atom stereocenters. The van der Waals surface area contributed by atoms with E-state index in [1.807, 2.05) is 0 Å². The fraction of sp³-hybridized carbons (Fsp3) is 1.00. The van der Waals surface area contributed by atoms with Gasteiger partial charge in [-0.15, -0.1) is 0 Å². The van der Waals surface area contributed by atoms with Crippen LogP contribution < -0.4 is 0 Å². The molecule has 0 fully saturated rings. The number of hydrogen-bond donors (Lipinski definition) is 0. The molecule has 0 radical (unpaired) electrons. The Kier molecular flexibility index (Phi) is 7.35. The lowest BCUT2D eigenvalue weighted by molar-refractivity contribution is -0.00811. The first-order valence-corrected chi connectivity index (χ1v) is 5.45. The van der Waals surface area contributed by atoms with E-state index in [1.165, 1.54) is 28.4 Å². The lowest BCUT2D eigenvalue weighted by atomic mass is 10.4. The van der Waals surface area contributed by atoms with E-state index in [4.69, 9.17) is 14.0 Å². The van der Waals surface area contributed by atoms with Crippen LogP contribution in [0.15, 0.2) is 0 Å². The van der Waals surface area contributed by atoms with Gasteiger partial charge < -0.3 is 9.47 Å². The van der Waals surface area contributed by atoms with Crippen molar-refractivity contribution in [3.05, 3.63) is 0 Å². The van der Waals surface area contributed by atoms with Crippen LogP contribution in [0.5, 0.6) is 0 Å². The molecule has 0 spiro atoms. The highest BCUT2D eigenvalue weighted by molar-refractivity contribution is 7.48. The standard InChI is InChI=1S/C7H17O6P/c1-9-5-7(10-2)6-13-14(8,11-3)12-4/h7H,5-6H2,1-4H3/t7-/m0/s1. The van der Waals surface area contributed by atoms with Crippen LogP contribution in [0.4, 0.5) is 0 Å². The van der Waals surface area contributed by atoms with Crippen molar-refractivity contribution in [2.45, 2.75) is 6.10 Å². The molecule has 0 aliphatic heterocycles. The Balaban J connectivity index is 3.94. The van der Waals surface area contributed by atoms with E-state index >= 15 is 0 Å². The van der Waals surface area contributed by atoms with Crippen LogP contribution >= 0.6 is 7.82 Å². The van der Waals surface area contributed by atoms with E-state index in [0.29, 0.717) is 6.61 Å². The minimum absolute atomic E-state index is 0.0866. The average molecular weight is 228 g/mol. The summed E-state index contributed by atoms with van der Waals surface area (Å²) in [5, 5.41) is 0. The lowest BCUT2D eigenvalue weighted by Gasteiger charge is -2.18. The summed E-state index contributed by atoms with van der Waals surface area (Å²) in [6, 6.07) is 0. The Bertz CT molecular complexity index is 177. The minimum atomic E-state index is -3.41. The third-order valence-corrected chi connectivity index (χ3v) is 2.91. The van der Waals surface area contributed by atoms with E-state index in [0.717, 1.165) is 0 Å². The molecule has 0 aromatic heterocycles. The molecular formula is C7H17O6P. The normalized spacial score (nSPS) is 14.3. The summed E-state index contributed by atoms with van der Waals surface area (Å²) < 4.78 is 35.3. The summed E-state index contributed by atoms with van der Waals surface area (Å²) in [4.78, 5) is 0. The largest absolute Gasteiger partial charge is 0.474 e. The van der Waals surface area contributed by atoms with Crippen LogP contribution in [0, 0.1) is 0 Å². The van der Waals surface area contributed by atoms with E-state index in [2.05, 4.69) is 9.05 Å². The van der Waals surface area contributed by atoms with Crippen LogP contribution in [-0.4, -0.2) is 47.8 Å². The number of hydrogen-bond acceptors (Lipinski definition) is 6. The second kappa shape index (κ2) is 7.34. The second-order valence-electron chi connectivity index (χ2n) is 2.42. The average Bonchev–Trinajstić information content (AvgIpc) is 2.23. The Morgan fingerprint density at radius 3 is 2.00 bits per heavy atom. The summed E-state index contributed by atoms with van der Waals surface area (Å²) in [6.07, 6.45) is -0.293. The molecule has 6 nitrogen and oxygen atoms in total. The maximum Gasteiger partial charge on any atom is 0.474 e. The van der Waals surface area contributed by atoms with Gasteiger partial charge in [-0.1, -0.05) is 0 Å². The van der Waals surface area contributed by atoms with Crippen LogP contribution in [0.25, 0.3) is 0 Å². The van der Waals surface area contributed by atoms with E-state index in [1.54, 1.807) is 0 Å². The molecule has 86 valence electrons. The highest BCUT2D eigenvalue weighted by atomic mass is 31.2. The van der Waals surface area contributed by atoms with Gasteiger partial charge in [0.25, 0.3) is 0 Å². The van der Waals surface area contributed by atoms with Crippen molar-refractivity contribution >= 4 is 7.82 Å². The fourth-order valence-electron chi connectivity index (χ4n) is 0.724. The highest BCUT2D eigenvalue weighted by Gasteiger charge is 2.24. The molecule has 7 heteroatoms. The molecule has 1 atom stereocenters. The van der Waals surface area contributed by atoms with Gasteiger partial charge in [-0.3, -0.25) is 13.6 Å². The van der Waals surface area contributed by atoms with E-state index in [9.17, 15) is 4.57 Å². The van der Waals surface area contributed by atoms with Gasteiger partial charge in [-0.25, -0.2) is 4.57 Å². The van der Waals surface area contributed by atoms with Gasteiger partial charge in [-0.2, -0.15) is 0 Å². The van der Waals surface area contributed by atoms with Crippen molar-refractivity contribution in [2.75, 3.05) is 41.7 Å². The quantitative estimate of drug-likeness (QED) is 0.579. The van der Waals surface area contributed by atoms with E-state index < -0.39 is 7.82 Å². The monoisotopic (exact) mass is 228 g/mol. The first-order valence-electron chi connectivity index (χ1n) is 3.99. The third-order valence-electron chi connectivity index (χ3n) is 1.55. The lowest BCUT2D eigenvalue weighted by Crippen LogP contribution is -2.23. The van der Waals surface area contributed by atoms with Gasteiger partial charge >= 0.3 is 7.82 Å². The molecule has 0 N–H and O–H groups in total. The zero-order chi connectivity index (χ0) is 11.0. The van der Waals surface area contributed by atoms with Crippen molar-refractivity contribution in [1.82, 2.24) is 0 Å². The molecule has 0 aliphatic carbocycles. The Morgan fingerprint density at radius 2 is 1.64 bits per heavy atom. The maximum absolute atomic E-state index is 11.4. The van der Waals surface area contributed by atoms with Crippen LogP contribution in [-0.2, 0) is 27.6 Å². The van der Waals surface area contributed by atoms with Gasteiger partial charge in [0, 0.05) is 28.4 Å².